The highest BCUT2D eigenvalue weighted by molar-refractivity contribution is 5.82. The number of fused-ring (bicyclic) bond motifs is 1. The van der Waals surface area contributed by atoms with Crippen molar-refractivity contribution >= 4 is 16.7 Å². The maximum absolute atomic E-state index is 5.39. The Morgan fingerprint density at radius 2 is 1.90 bits per heavy atom. The van der Waals surface area contributed by atoms with Gasteiger partial charge in [-0.3, -0.25) is 0 Å². The molecule has 21 heavy (non-hydrogen) atoms. The van der Waals surface area contributed by atoms with Crippen LogP contribution < -0.4 is 4.90 Å². The van der Waals surface area contributed by atoms with E-state index < -0.39 is 0 Å². The van der Waals surface area contributed by atoms with Gasteiger partial charge in [-0.2, -0.15) is 0 Å². The SMILES string of the molecule is c1ncc2cc(-c3ccc(N4CCOCC4)cc3)[nH]c2n1. The third-order valence-electron chi connectivity index (χ3n) is 3.85. The van der Waals surface area contributed by atoms with Crippen LogP contribution in [0.5, 0.6) is 0 Å². The molecule has 0 bridgehead atoms. The molecule has 5 heteroatoms. The lowest BCUT2D eigenvalue weighted by Gasteiger charge is -2.28. The molecule has 1 saturated heterocycles. The van der Waals surface area contributed by atoms with Gasteiger partial charge >= 0.3 is 0 Å². The number of nitrogens with zero attached hydrogens (tertiary/aromatic N) is 3. The van der Waals surface area contributed by atoms with Crippen molar-refractivity contribution in [3.8, 4) is 11.3 Å². The minimum Gasteiger partial charge on any atom is -0.378 e. The molecule has 2 aromatic heterocycles. The standard InChI is InChI=1S/C16H16N4O/c1-3-14(20-5-7-21-8-6-20)4-2-12(1)15-9-13-10-17-11-18-16(13)19-15/h1-4,9-11H,5-8H2,(H,17,18,19). The van der Waals surface area contributed by atoms with Crippen LogP contribution in [0.2, 0.25) is 0 Å². The van der Waals surface area contributed by atoms with Gasteiger partial charge in [0.15, 0.2) is 0 Å². The zero-order valence-electron chi connectivity index (χ0n) is 11.6. The second-order valence-electron chi connectivity index (χ2n) is 5.16. The van der Waals surface area contributed by atoms with E-state index in [2.05, 4.69) is 50.2 Å². The van der Waals surface area contributed by atoms with Crippen LogP contribution >= 0.6 is 0 Å². The lowest BCUT2D eigenvalue weighted by atomic mass is 10.1. The van der Waals surface area contributed by atoms with Crippen molar-refractivity contribution in [1.82, 2.24) is 15.0 Å². The maximum Gasteiger partial charge on any atom is 0.141 e. The zero-order chi connectivity index (χ0) is 14.1. The number of morpholine rings is 1. The van der Waals surface area contributed by atoms with Gasteiger partial charge in [-0.1, -0.05) is 12.1 Å². The van der Waals surface area contributed by atoms with E-state index in [1.54, 1.807) is 6.33 Å². The fraction of sp³-hybridized carbons (Fsp3) is 0.250. The molecule has 1 aromatic carbocycles. The second kappa shape index (κ2) is 5.18. The molecule has 1 fully saturated rings. The zero-order valence-corrected chi connectivity index (χ0v) is 11.6. The van der Waals surface area contributed by atoms with E-state index in [9.17, 15) is 0 Å². The van der Waals surface area contributed by atoms with Crippen molar-refractivity contribution in [1.29, 1.82) is 0 Å². The Kier molecular flexibility index (Phi) is 3.05. The van der Waals surface area contributed by atoms with Gasteiger partial charge in [0.1, 0.15) is 12.0 Å². The van der Waals surface area contributed by atoms with E-state index in [1.165, 1.54) is 5.69 Å². The Labute approximate surface area is 122 Å². The first-order chi connectivity index (χ1) is 10.4. The normalized spacial score (nSPS) is 15.5. The van der Waals surface area contributed by atoms with E-state index in [-0.39, 0.29) is 0 Å². The van der Waals surface area contributed by atoms with Crippen molar-refractivity contribution in [2.45, 2.75) is 0 Å². The fourth-order valence-electron chi connectivity index (χ4n) is 2.70. The minimum absolute atomic E-state index is 0.808. The van der Waals surface area contributed by atoms with Crippen molar-refractivity contribution in [3.05, 3.63) is 42.9 Å². The second-order valence-corrected chi connectivity index (χ2v) is 5.16. The molecule has 0 radical (unpaired) electrons. The van der Waals surface area contributed by atoms with Gasteiger partial charge in [0, 0.05) is 36.1 Å². The highest BCUT2D eigenvalue weighted by Crippen LogP contribution is 2.25. The molecule has 0 spiro atoms. The summed E-state index contributed by atoms with van der Waals surface area (Å²) in [5, 5.41) is 1.03. The van der Waals surface area contributed by atoms with E-state index in [0.29, 0.717) is 0 Å². The molecular formula is C16H16N4O. The molecule has 1 N–H and O–H groups in total. The first kappa shape index (κ1) is 12.3. The highest BCUT2D eigenvalue weighted by Gasteiger charge is 2.11. The molecule has 106 valence electrons. The molecule has 0 atom stereocenters. The molecule has 5 nitrogen and oxygen atoms in total. The largest absolute Gasteiger partial charge is 0.378 e. The third kappa shape index (κ3) is 2.36. The summed E-state index contributed by atoms with van der Waals surface area (Å²) in [6, 6.07) is 10.7. The summed E-state index contributed by atoms with van der Waals surface area (Å²) in [6.07, 6.45) is 3.38. The number of ether oxygens (including phenoxy) is 1. The average Bonchev–Trinajstić information content (AvgIpc) is 3.00. The number of hydrogen-bond acceptors (Lipinski definition) is 4. The van der Waals surface area contributed by atoms with Gasteiger partial charge in [-0.25, -0.2) is 9.97 Å². The molecule has 3 heterocycles. The number of rotatable bonds is 2. The molecule has 0 amide bonds. The summed E-state index contributed by atoms with van der Waals surface area (Å²) < 4.78 is 5.39. The maximum atomic E-state index is 5.39. The summed E-state index contributed by atoms with van der Waals surface area (Å²) in [6.45, 7) is 3.54. The molecular weight excluding hydrogens is 264 g/mol. The van der Waals surface area contributed by atoms with Crippen molar-refractivity contribution in [3.63, 3.8) is 0 Å². The Morgan fingerprint density at radius 1 is 1.10 bits per heavy atom. The lowest BCUT2D eigenvalue weighted by Crippen LogP contribution is -2.36. The van der Waals surface area contributed by atoms with E-state index >= 15 is 0 Å². The van der Waals surface area contributed by atoms with Gasteiger partial charge in [-0.05, 0) is 23.8 Å². The molecule has 4 rings (SSSR count). The third-order valence-corrected chi connectivity index (χ3v) is 3.85. The van der Waals surface area contributed by atoms with Crippen LogP contribution in [0.25, 0.3) is 22.3 Å². The number of nitrogens with one attached hydrogen (secondary N) is 1. The monoisotopic (exact) mass is 280 g/mol. The van der Waals surface area contributed by atoms with Crippen molar-refractivity contribution < 1.29 is 4.74 Å². The Morgan fingerprint density at radius 3 is 2.67 bits per heavy atom. The first-order valence-corrected chi connectivity index (χ1v) is 7.12. The minimum atomic E-state index is 0.808. The molecule has 1 aliphatic rings. The topological polar surface area (TPSA) is 54.0 Å². The number of anilines is 1. The Bertz CT molecular complexity index is 711. The quantitative estimate of drug-likeness (QED) is 0.783. The van der Waals surface area contributed by atoms with Crippen LogP contribution in [0.1, 0.15) is 0 Å². The average molecular weight is 280 g/mol. The predicted octanol–water partition coefficient (Wildman–Crippen LogP) is 2.46. The fourth-order valence-corrected chi connectivity index (χ4v) is 2.70. The van der Waals surface area contributed by atoms with Crippen LogP contribution in [-0.2, 0) is 4.74 Å². The highest BCUT2D eigenvalue weighted by atomic mass is 16.5. The number of aromatic amines is 1. The number of hydrogen-bond donors (Lipinski definition) is 1. The smallest absolute Gasteiger partial charge is 0.141 e. The van der Waals surface area contributed by atoms with Gasteiger partial charge in [0.2, 0.25) is 0 Å². The number of H-pyrrole nitrogens is 1. The Balaban J connectivity index is 1.63. The molecule has 0 aliphatic carbocycles. The summed E-state index contributed by atoms with van der Waals surface area (Å²) >= 11 is 0. The molecule has 1 aliphatic heterocycles. The Hall–Kier alpha value is -2.40. The first-order valence-electron chi connectivity index (χ1n) is 7.12. The van der Waals surface area contributed by atoms with Crippen LogP contribution in [0, 0.1) is 0 Å². The predicted molar refractivity (Wildman–Crippen MR) is 82.4 cm³/mol. The number of benzene rings is 1. The van der Waals surface area contributed by atoms with E-state index in [0.717, 1.165) is 48.6 Å². The van der Waals surface area contributed by atoms with Gasteiger partial charge in [-0.15, -0.1) is 0 Å². The summed E-state index contributed by atoms with van der Waals surface area (Å²) in [5.74, 6) is 0. The van der Waals surface area contributed by atoms with Crippen LogP contribution in [0.4, 0.5) is 5.69 Å². The summed E-state index contributed by atoms with van der Waals surface area (Å²) in [7, 11) is 0. The van der Waals surface area contributed by atoms with Crippen LogP contribution in [0.3, 0.4) is 0 Å². The van der Waals surface area contributed by atoms with Gasteiger partial charge in [0.05, 0.1) is 13.2 Å². The summed E-state index contributed by atoms with van der Waals surface area (Å²) in [4.78, 5) is 14.0. The number of aromatic nitrogens is 3. The lowest BCUT2D eigenvalue weighted by molar-refractivity contribution is 0.122. The molecule has 0 saturated carbocycles. The molecule has 3 aromatic rings. The van der Waals surface area contributed by atoms with Crippen LogP contribution in [-0.4, -0.2) is 41.3 Å². The summed E-state index contributed by atoms with van der Waals surface area (Å²) in [5.41, 5.74) is 4.35. The van der Waals surface area contributed by atoms with E-state index in [1.807, 2.05) is 6.20 Å². The van der Waals surface area contributed by atoms with Crippen molar-refractivity contribution in [2.75, 3.05) is 31.2 Å². The van der Waals surface area contributed by atoms with Crippen LogP contribution in [0.15, 0.2) is 42.9 Å². The van der Waals surface area contributed by atoms with Gasteiger partial charge in [0.25, 0.3) is 0 Å². The van der Waals surface area contributed by atoms with Gasteiger partial charge < -0.3 is 14.6 Å². The molecule has 0 unspecified atom stereocenters. The van der Waals surface area contributed by atoms with Crippen molar-refractivity contribution in [2.24, 2.45) is 0 Å². The van der Waals surface area contributed by atoms with E-state index in [4.69, 9.17) is 4.74 Å².